The highest BCUT2D eigenvalue weighted by molar-refractivity contribution is 5.83. The molecule has 0 amide bonds. The van der Waals surface area contributed by atoms with Gasteiger partial charge in [0, 0.05) is 25.6 Å². The topological polar surface area (TPSA) is 29.5 Å². The largest absolute Gasteiger partial charge is 0.377 e. The van der Waals surface area contributed by atoms with Crippen LogP contribution in [0, 0.1) is 5.92 Å². The van der Waals surface area contributed by atoms with Gasteiger partial charge in [-0.25, -0.2) is 0 Å². The van der Waals surface area contributed by atoms with Crippen molar-refractivity contribution in [2.24, 2.45) is 5.92 Å². The minimum absolute atomic E-state index is 0.277. The summed E-state index contributed by atoms with van der Waals surface area (Å²) in [5.41, 5.74) is 0. The fourth-order valence-corrected chi connectivity index (χ4v) is 2.82. The number of Topliss-reactive ketones (excluding diaryl/α,β-unsaturated/α-hetero) is 1. The minimum Gasteiger partial charge on any atom is -0.377 e. The Morgan fingerprint density at radius 2 is 2.06 bits per heavy atom. The van der Waals surface area contributed by atoms with Gasteiger partial charge in [0.1, 0.15) is 5.78 Å². The molecular formula is C13H23NO2. The molecule has 0 N–H and O–H groups in total. The predicted octanol–water partition coefficient (Wildman–Crippen LogP) is 1.86. The Morgan fingerprint density at radius 3 is 2.81 bits per heavy atom. The molecule has 0 aromatic heterocycles. The zero-order valence-corrected chi connectivity index (χ0v) is 10.3. The van der Waals surface area contributed by atoms with Gasteiger partial charge in [-0.1, -0.05) is 12.8 Å². The highest BCUT2D eigenvalue weighted by Crippen LogP contribution is 2.25. The Labute approximate surface area is 98.1 Å². The zero-order chi connectivity index (χ0) is 11.4. The van der Waals surface area contributed by atoms with Crippen molar-refractivity contribution in [2.45, 2.75) is 45.1 Å². The number of hydrogen-bond acceptors (Lipinski definition) is 3. The van der Waals surface area contributed by atoms with Crippen LogP contribution >= 0.6 is 0 Å². The molecule has 92 valence electrons. The molecule has 3 heteroatoms. The summed E-state index contributed by atoms with van der Waals surface area (Å²) in [5, 5.41) is 0. The molecule has 0 radical (unpaired) electrons. The Bertz CT molecular complexity index is 236. The molecule has 0 spiro atoms. The third-order valence-electron chi connectivity index (χ3n) is 3.73. The van der Waals surface area contributed by atoms with Crippen LogP contribution in [0.15, 0.2) is 0 Å². The maximum atomic E-state index is 12.0. The number of nitrogens with zero attached hydrogens (tertiary/aromatic N) is 1. The first-order valence-electron chi connectivity index (χ1n) is 6.62. The molecule has 16 heavy (non-hydrogen) atoms. The van der Waals surface area contributed by atoms with Crippen molar-refractivity contribution >= 4 is 5.78 Å². The fraction of sp³-hybridized carbons (Fsp3) is 0.923. The first-order valence-corrected chi connectivity index (χ1v) is 6.62. The maximum Gasteiger partial charge on any atom is 0.149 e. The fourth-order valence-electron chi connectivity index (χ4n) is 2.82. The van der Waals surface area contributed by atoms with E-state index in [4.69, 9.17) is 4.74 Å². The molecule has 1 heterocycles. The number of hydrogen-bond donors (Lipinski definition) is 0. The average Bonchev–Trinajstić information content (AvgIpc) is 2.70. The number of carbonyl (C=O) groups excluding carboxylic acids is 1. The van der Waals surface area contributed by atoms with E-state index in [9.17, 15) is 4.79 Å². The van der Waals surface area contributed by atoms with Crippen LogP contribution in [-0.2, 0) is 9.53 Å². The number of carbonyl (C=O) groups is 1. The van der Waals surface area contributed by atoms with Gasteiger partial charge in [0.25, 0.3) is 0 Å². The Balaban J connectivity index is 1.80. The van der Waals surface area contributed by atoms with Crippen LogP contribution in [0.2, 0.25) is 0 Å². The maximum absolute atomic E-state index is 12.0. The third kappa shape index (κ3) is 3.29. The van der Waals surface area contributed by atoms with Gasteiger partial charge in [-0.3, -0.25) is 9.69 Å². The highest BCUT2D eigenvalue weighted by atomic mass is 16.5. The summed E-state index contributed by atoms with van der Waals surface area (Å²) in [5.74, 6) is 0.825. The second kappa shape index (κ2) is 5.78. The van der Waals surface area contributed by atoms with Gasteiger partial charge in [-0.05, 0) is 26.2 Å². The first kappa shape index (κ1) is 12.1. The summed E-state index contributed by atoms with van der Waals surface area (Å²) in [4.78, 5) is 14.3. The summed E-state index contributed by atoms with van der Waals surface area (Å²) in [6, 6.07) is 0. The molecular weight excluding hydrogens is 202 g/mol. The molecule has 1 saturated carbocycles. The van der Waals surface area contributed by atoms with Crippen LogP contribution in [0.3, 0.4) is 0 Å². The quantitative estimate of drug-likeness (QED) is 0.734. The summed E-state index contributed by atoms with van der Waals surface area (Å²) in [6.07, 6.45) is 6.07. The predicted molar refractivity (Wildman–Crippen MR) is 63.4 cm³/mol. The van der Waals surface area contributed by atoms with E-state index in [0.29, 0.717) is 18.2 Å². The summed E-state index contributed by atoms with van der Waals surface area (Å²) < 4.78 is 5.59. The summed E-state index contributed by atoms with van der Waals surface area (Å²) >= 11 is 0. The summed E-state index contributed by atoms with van der Waals surface area (Å²) in [6.45, 7) is 5.52. The average molecular weight is 225 g/mol. The highest BCUT2D eigenvalue weighted by Gasteiger charge is 2.25. The number of ether oxygens (including phenoxy) is 1. The van der Waals surface area contributed by atoms with E-state index < -0.39 is 0 Å². The van der Waals surface area contributed by atoms with Crippen LogP contribution in [0.1, 0.15) is 39.0 Å². The molecule has 0 bridgehead atoms. The van der Waals surface area contributed by atoms with Crippen LogP contribution in [0.5, 0.6) is 0 Å². The third-order valence-corrected chi connectivity index (χ3v) is 3.73. The Kier molecular flexibility index (Phi) is 4.36. The molecule has 1 aliphatic carbocycles. The molecule has 0 aromatic carbocycles. The van der Waals surface area contributed by atoms with E-state index in [1.165, 1.54) is 12.8 Å². The van der Waals surface area contributed by atoms with Crippen LogP contribution < -0.4 is 0 Å². The SMILES string of the molecule is CC1CN(CC(=O)C2CCCC2)CCCO1. The van der Waals surface area contributed by atoms with E-state index in [-0.39, 0.29) is 6.10 Å². The van der Waals surface area contributed by atoms with Crippen molar-refractivity contribution in [3.05, 3.63) is 0 Å². The van der Waals surface area contributed by atoms with E-state index in [2.05, 4.69) is 11.8 Å². The lowest BCUT2D eigenvalue weighted by atomic mass is 10.0. The van der Waals surface area contributed by atoms with Crippen LogP contribution in [-0.4, -0.2) is 43.0 Å². The Hall–Kier alpha value is -0.410. The second-order valence-electron chi connectivity index (χ2n) is 5.22. The lowest BCUT2D eigenvalue weighted by Crippen LogP contribution is -2.36. The lowest BCUT2D eigenvalue weighted by molar-refractivity contribution is -0.124. The monoisotopic (exact) mass is 225 g/mol. The number of ketones is 1. The van der Waals surface area contributed by atoms with Gasteiger partial charge in [-0.2, -0.15) is 0 Å². The molecule has 1 unspecified atom stereocenters. The second-order valence-corrected chi connectivity index (χ2v) is 5.22. The van der Waals surface area contributed by atoms with Crippen molar-refractivity contribution in [1.29, 1.82) is 0 Å². The molecule has 3 nitrogen and oxygen atoms in total. The first-order chi connectivity index (χ1) is 7.75. The van der Waals surface area contributed by atoms with Crippen molar-refractivity contribution in [2.75, 3.05) is 26.2 Å². The van der Waals surface area contributed by atoms with Crippen molar-refractivity contribution in [1.82, 2.24) is 4.90 Å². The zero-order valence-electron chi connectivity index (χ0n) is 10.3. The lowest BCUT2D eigenvalue weighted by Gasteiger charge is -2.22. The van der Waals surface area contributed by atoms with E-state index >= 15 is 0 Å². The molecule has 0 aromatic rings. The summed E-state index contributed by atoms with van der Waals surface area (Å²) in [7, 11) is 0. The van der Waals surface area contributed by atoms with Gasteiger partial charge >= 0.3 is 0 Å². The molecule has 2 aliphatic rings. The van der Waals surface area contributed by atoms with Gasteiger partial charge in [-0.15, -0.1) is 0 Å². The van der Waals surface area contributed by atoms with Gasteiger partial charge in [0.2, 0.25) is 0 Å². The van der Waals surface area contributed by atoms with E-state index in [1.807, 2.05) is 0 Å². The Morgan fingerprint density at radius 1 is 1.31 bits per heavy atom. The minimum atomic E-state index is 0.277. The normalized spacial score (nSPS) is 29.2. The number of rotatable bonds is 3. The van der Waals surface area contributed by atoms with E-state index in [0.717, 1.165) is 39.0 Å². The molecule has 1 saturated heterocycles. The van der Waals surface area contributed by atoms with Crippen LogP contribution in [0.4, 0.5) is 0 Å². The van der Waals surface area contributed by atoms with Crippen molar-refractivity contribution in [3.8, 4) is 0 Å². The molecule has 1 aliphatic heterocycles. The van der Waals surface area contributed by atoms with Crippen LogP contribution in [0.25, 0.3) is 0 Å². The standard InChI is InChI=1S/C13H23NO2/c1-11-9-14(7-4-8-16-11)10-13(15)12-5-2-3-6-12/h11-12H,2-10H2,1H3. The van der Waals surface area contributed by atoms with Gasteiger partial charge < -0.3 is 4.74 Å². The molecule has 1 atom stereocenters. The molecule has 2 rings (SSSR count). The van der Waals surface area contributed by atoms with Crippen molar-refractivity contribution < 1.29 is 9.53 Å². The molecule has 2 fully saturated rings. The van der Waals surface area contributed by atoms with Gasteiger partial charge in [0.05, 0.1) is 12.6 Å². The van der Waals surface area contributed by atoms with Crippen molar-refractivity contribution in [3.63, 3.8) is 0 Å². The van der Waals surface area contributed by atoms with Gasteiger partial charge in [0.15, 0.2) is 0 Å². The van der Waals surface area contributed by atoms with E-state index in [1.54, 1.807) is 0 Å². The smallest absolute Gasteiger partial charge is 0.149 e.